The molecule has 0 aliphatic carbocycles. The highest BCUT2D eigenvalue weighted by Crippen LogP contribution is 2.23. The Morgan fingerprint density at radius 2 is 2.22 bits per heavy atom. The zero-order chi connectivity index (χ0) is 6.91. The average Bonchev–Trinajstić information content (AvgIpc) is 2.08. The topological polar surface area (TPSA) is 26.0 Å². The Kier molecular flexibility index (Phi) is 1.58. The highest BCUT2D eigenvalue weighted by molar-refractivity contribution is 7.17. The van der Waals surface area contributed by atoms with Gasteiger partial charge in [-0.2, -0.15) is 4.75 Å². The van der Waals surface area contributed by atoms with Crippen LogP contribution in [0.15, 0.2) is 10.4 Å². The molecule has 2 nitrogen and oxygen atoms in total. The summed E-state index contributed by atoms with van der Waals surface area (Å²) in [4.78, 5) is 0. The van der Waals surface area contributed by atoms with Crippen molar-refractivity contribution in [1.82, 2.24) is 4.75 Å². The molecule has 0 aromatic carbocycles. The summed E-state index contributed by atoms with van der Waals surface area (Å²) in [5.74, 6) is 0.976. The highest BCUT2D eigenvalue weighted by Gasteiger charge is 2.16. The summed E-state index contributed by atoms with van der Waals surface area (Å²) >= 11 is 0. The van der Waals surface area contributed by atoms with Crippen LogP contribution in [0.5, 0.6) is 0 Å². The van der Waals surface area contributed by atoms with Gasteiger partial charge in [0, 0.05) is 5.41 Å². The first-order valence-corrected chi connectivity index (χ1v) is 3.65. The van der Waals surface area contributed by atoms with E-state index in [1.54, 1.807) is 6.20 Å². The first-order valence-electron chi connectivity index (χ1n) is 2.88. The fourth-order valence-corrected chi connectivity index (χ4v) is 1.11. The van der Waals surface area contributed by atoms with Crippen LogP contribution in [-0.4, -0.2) is 4.75 Å². The van der Waals surface area contributed by atoms with Crippen LogP contribution in [0.1, 0.15) is 26.5 Å². The lowest BCUT2D eigenvalue weighted by Gasteiger charge is -2.12. The molecule has 0 saturated carbocycles. The normalized spacial score (nSPS) is 12.8. The molecule has 1 rings (SSSR count). The van der Waals surface area contributed by atoms with Crippen LogP contribution < -0.4 is 0 Å². The molecule has 0 aliphatic heterocycles. The lowest BCUT2D eigenvalue weighted by molar-refractivity contribution is 0.458. The van der Waals surface area contributed by atoms with Gasteiger partial charge in [-0.3, -0.25) is 0 Å². The Balaban J connectivity index is 2.90. The van der Waals surface area contributed by atoms with Crippen LogP contribution in [0.25, 0.3) is 0 Å². The van der Waals surface area contributed by atoms with E-state index >= 15 is 0 Å². The summed E-state index contributed by atoms with van der Waals surface area (Å²) in [5, 5.41) is 0. The third-order valence-corrected chi connectivity index (χ3v) is 1.59. The van der Waals surface area contributed by atoms with Gasteiger partial charge in [0.1, 0.15) is 5.76 Å². The number of nitrogens with zero attached hydrogens (tertiary/aromatic N) is 1. The highest BCUT2D eigenvalue weighted by atomic mass is 31.1. The fraction of sp³-hybridized carbons (Fsp3) is 0.667. The van der Waals surface area contributed by atoms with Gasteiger partial charge in [-0.25, -0.2) is 0 Å². The second-order valence-electron chi connectivity index (χ2n) is 3.03. The van der Waals surface area contributed by atoms with Crippen molar-refractivity contribution in [1.29, 1.82) is 0 Å². The van der Waals surface area contributed by atoms with Crippen molar-refractivity contribution < 1.29 is 4.20 Å². The van der Waals surface area contributed by atoms with E-state index in [2.05, 4.69) is 25.5 Å². The predicted molar refractivity (Wildman–Crippen MR) is 37.7 cm³/mol. The first kappa shape index (κ1) is 6.76. The molecule has 0 saturated heterocycles. The molecule has 50 valence electrons. The Morgan fingerprint density at radius 1 is 1.56 bits per heavy atom. The molecule has 0 aliphatic rings. The van der Waals surface area contributed by atoms with E-state index < -0.39 is 0 Å². The molecule has 9 heavy (non-hydrogen) atoms. The number of rotatable bonds is 0. The number of hydrogen-bond donors (Lipinski definition) is 0. The minimum absolute atomic E-state index is 0.118. The number of hydrogen-bond acceptors (Lipinski definition) is 2. The van der Waals surface area contributed by atoms with Gasteiger partial charge in [0.05, 0.1) is 6.20 Å². The Labute approximate surface area is 56.6 Å². The van der Waals surface area contributed by atoms with E-state index in [1.807, 2.05) is 0 Å². The van der Waals surface area contributed by atoms with Crippen molar-refractivity contribution in [2.75, 3.05) is 0 Å². The molecule has 3 heteroatoms. The van der Waals surface area contributed by atoms with Crippen LogP contribution >= 0.6 is 8.59 Å². The largest absolute Gasteiger partial charge is 0.425 e. The van der Waals surface area contributed by atoms with Gasteiger partial charge in [-0.15, -0.1) is 0 Å². The summed E-state index contributed by atoms with van der Waals surface area (Å²) in [6, 6.07) is 0. The average molecular weight is 143 g/mol. The van der Waals surface area contributed by atoms with Crippen LogP contribution in [0.2, 0.25) is 0 Å². The maximum atomic E-state index is 5.18. The summed E-state index contributed by atoms with van der Waals surface area (Å²) in [6.45, 7) is 6.32. The molecule has 0 unspecified atom stereocenters. The van der Waals surface area contributed by atoms with E-state index in [0.29, 0.717) is 0 Å². The molecule has 0 atom stereocenters. The third-order valence-electron chi connectivity index (χ3n) is 1.10. The number of aromatic nitrogens is 1. The Morgan fingerprint density at radius 3 is 2.44 bits per heavy atom. The fourth-order valence-electron chi connectivity index (χ4n) is 0.498. The SMILES string of the molecule is CC(C)(C)c1cnpo1. The zero-order valence-electron chi connectivity index (χ0n) is 5.88. The second-order valence-corrected chi connectivity index (χ2v) is 3.61. The first-order chi connectivity index (χ1) is 4.11. The van der Waals surface area contributed by atoms with Crippen LogP contribution in [0, 0.1) is 0 Å². The lowest BCUT2D eigenvalue weighted by Crippen LogP contribution is -2.08. The standard InChI is InChI=1S/C6H10NOP/c1-6(2,3)5-4-7-9-8-5/h4H,1-3H3. The molecule has 1 aromatic heterocycles. The molecule has 0 N–H and O–H groups in total. The molecular weight excluding hydrogens is 133 g/mol. The molecule has 1 aromatic rings. The van der Waals surface area contributed by atoms with Crippen LogP contribution in [0.3, 0.4) is 0 Å². The van der Waals surface area contributed by atoms with Gasteiger partial charge in [-0.05, 0) is 0 Å². The summed E-state index contributed by atoms with van der Waals surface area (Å²) in [5.41, 5.74) is 0.118. The molecule has 0 fully saturated rings. The molecule has 0 spiro atoms. The smallest absolute Gasteiger partial charge is 0.247 e. The van der Waals surface area contributed by atoms with Gasteiger partial charge in [0.25, 0.3) is 0 Å². The van der Waals surface area contributed by atoms with Gasteiger partial charge in [0.2, 0.25) is 8.59 Å². The van der Waals surface area contributed by atoms with Crippen LogP contribution in [0.4, 0.5) is 0 Å². The van der Waals surface area contributed by atoms with Crippen molar-refractivity contribution in [2.24, 2.45) is 0 Å². The molecule has 0 amide bonds. The third kappa shape index (κ3) is 1.52. The molecule has 1 heterocycles. The van der Waals surface area contributed by atoms with Crippen molar-refractivity contribution in [3.05, 3.63) is 12.0 Å². The molecular formula is C6H10NOP. The predicted octanol–water partition coefficient (Wildman–Crippen LogP) is 2.55. The summed E-state index contributed by atoms with van der Waals surface area (Å²) < 4.78 is 9.10. The minimum Gasteiger partial charge on any atom is -0.425 e. The van der Waals surface area contributed by atoms with Crippen LogP contribution in [-0.2, 0) is 5.41 Å². The van der Waals surface area contributed by atoms with E-state index in [9.17, 15) is 0 Å². The van der Waals surface area contributed by atoms with Crippen molar-refractivity contribution in [3.63, 3.8) is 0 Å². The van der Waals surface area contributed by atoms with Gasteiger partial charge in [-0.1, -0.05) is 20.8 Å². The van der Waals surface area contributed by atoms with E-state index in [0.717, 1.165) is 14.4 Å². The van der Waals surface area contributed by atoms with E-state index in [-0.39, 0.29) is 5.41 Å². The minimum atomic E-state index is 0.118. The molecule has 0 bridgehead atoms. The Bertz CT molecular complexity index is 175. The zero-order valence-corrected chi connectivity index (χ0v) is 6.77. The maximum Gasteiger partial charge on any atom is 0.247 e. The van der Waals surface area contributed by atoms with E-state index in [4.69, 9.17) is 4.20 Å². The van der Waals surface area contributed by atoms with Gasteiger partial charge >= 0.3 is 0 Å². The second kappa shape index (κ2) is 2.11. The monoisotopic (exact) mass is 143 g/mol. The summed E-state index contributed by atoms with van der Waals surface area (Å²) in [6.07, 6.45) is 1.79. The van der Waals surface area contributed by atoms with Gasteiger partial charge < -0.3 is 4.20 Å². The molecule has 0 radical (unpaired) electrons. The lowest BCUT2D eigenvalue weighted by atomic mass is 9.94. The Hall–Kier alpha value is -0.360. The maximum absolute atomic E-state index is 5.18. The van der Waals surface area contributed by atoms with Crippen molar-refractivity contribution in [3.8, 4) is 0 Å². The summed E-state index contributed by atoms with van der Waals surface area (Å²) in [7, 11) is 0.718. The van der Waals surface area contributed by atoms with E-state index in [1.165, 1.54) is 0 Å². The van der Waals surface area contributed by atoms with Gasteiger partial charge in [0.15, 0.2) is 0 Å². The van der Waals surface area contributed by atoms with Crippen molar-refractivity contribution >= 4 is 8.59 Å². The quantitative estimate of drug-likeness (QED) is 0.557. The van der Waals surface area contributed by atoms with Crippen molar-refractivity contribution in [2.45, 2.75) is 26.2 Å².